The average Bonchev–Trinajstić information content (AvgIpc) is 3.21. The number of hydrogen-bond donors (Lipinski definition) is 0. The van der Waals surface area contributed by atoms with Gasteiger partial charge >= 0.3 is 63.6 Å². The molecule has 0 saturated carbocycles. The van der Waals surface area contributed by atoms with Gasteiger partial charge in [-0.25, -0.2) is 0 Å². The standard InChI is InChI=1S/C24H34I.C21H28I.C16H18I/c1-22(2,3)17-15-19(23(4,5)6)21(20(16-17)24(7,8)9)25-18-13-11-10-12-14-18;1-14(2)17-12-19(15(3)4)21(20(13-17)16(5)6)22-18-10-8-7-9-11-18;1-16(2,3)13-9-11-15(12-10-13)17-14-7-5-4-6-8-14/h10-16H,1-9H3;7-16H,1-6H3;4-12H,1-3H3/q3*+1. The Labute approximate surface area is 423 Å². The molecule has 0 N–H and O–H groups in total. The molecular formula is C61H80I3+3. The zero-order valence-electron chi connectivity index (χ0n) is 42.6. The molecule has 0 atom stereocenters. The number of halogens is 3. The summed E-state index contributed by atoms with van der Waals surface area (Å²) in [6.45, 7) is 41.9. The van der Waals surface area contributed by atoms with Crippen molar-refractivity contribution in [2.24, 2.45) is 0 Å². The molecule has 6 rings (SSSR count). The van der Waals surface area contributed by atoms with Crippen molar-refractivity contribution in [2.45, 2.75) is 164 Å². The number of hydrogen-bond acceptors (Lipinski definition) is 0. The fourth-order valence-corrected chi connectivity index (χ4v) is 16.7. The maximum Gasteiger partial charge on any atom is 0.358 e. The van der Waals surface area contributed by atoms with Crippen LogP contribution in [0.4, 0.5) is 0 Å². The minimum atomic E-state index is -0.196. The predicted molar refractivity (Wildman–Crippen MR) is 268 cm³/mol. The summed E-state index contributed by atoms with van der Waals surface area (Å²) in [7, 11) is 0. The Morgan fingerprint density at radius 3 is 0.953 bits per heavy atom. The van der Waals surface area contributed by atoms with Gasteiger partial charge in [0.1, 0.15) is 0 Å². The molecule has 0 saturated heterocycles. The molecule has 0 aliphatic heterocycles. The summed E-state index contributed by atoms with van der Waals surface area (Å²) in [6.07, 6.45) is 0. The van der Waals surface area contributed by atoms with E-state index in [1.165, 1.54) is 31.0 Å². The Balaban J connectivity index is 0.000000214. The van der Waals surface area contributed by atoms with Crippen molar-refractivity contribution >= 4 is 0 Å². The lowest BCUT2D eigenvalue weighted by molar-refractivity contribution is -0.599. The van der Waals surface area contributed by atoms with Crippen LogP contribution in [-0.2, 0) is 21.7 Å². The molecule has 0 aliphatic carbocycles. The van der Waals surface area contributed by atoms with Crippen LogP contribution >= 0.6 is 0 Å². The molecule has 0 spiro atoms. The van der Waals surface area contributed by atoms with Gasteiger partial charge in [-0.05, 0) is 105 Å². The van der Waals surface area contributed by atoms with E-state index in [2.05, 4.69) is 264 Å². The molecule has 0 aromatic heterocycles. The molecule has 64 heavy (non-hydrogen) atoms. The summed E-state index contributed by atoms with van der Waals surface area (Å²) < 4.78 is 9.26. The summed E-state index contributed by atoms with van der Waals surface area (Å²) in [4.78, 5) is 0. The van der Waals surface area contributed by atoms with E-state index in [0.29, 0.717) is 17.8 Å². The Bertz CT molecular complexity index is 2260. The molecule has 0 aliphatic rings. The highest BCUT2D eigenvalue weighted by Gasteiger charge is 2.36. The van der Waals surface area contributed by atoms with E-state index >= 15 is 0 Å². The van der Waals surface area contributed by atoms with Crippen LogP contribution in [0.15, 0.2) is 140 Å². The molecule has 6 aromatic carbocycles. The van der Waals surface area contributed by atoms with E-state index in [0.717, 1.165) is 0 Å². The lowest BCUT2D eigenvalue weighted by atomic mass is 9.75. The van der Waals surface area contributed by atoms with Crippen LogP contribution in [0.2, 0.25) is 0 Å². The maximum atomic E-state index is 2.49. The quantitative estimate of drug-likeness (QED) is 0.129. The lowest BCUT2D eigenvalue weighted by Crippen LogP contribution is -3.62. The van der Waals surface area contributed by atoms with Gasteiger partial charge in [-0.2, -0.15) is 0 Å². The highest BCUT2D eigenvalue weighted by atomic mass is 127. The van der Waals surface area contributed by atoms with Crippen molar-refractivity contribution in [2.75, 3.05) is 0 Å². The number of benzene rings is 6. The summed E-state index contributed by atoms with van der Waals surface area (Å²) in [6, 6.07) is 51.9. The summed E-state index contributed by atoms with van der Waals surface area (Å²) >= 11 is -0.331. The highest BCUT2D eigenvalue weighted by Crippen LogP contribution is 2.35. The van der Waals surface area contributed by atoms with Crippen LogP contribution in [0, 0.1) is 21.4 Å². The van der Waals surface area contributed by atoms with Crippen molar-refractivity contribution in [3.05, 3.63) is 200 Å². The molecular weight excluding hydrogens is 1110 g/mol. The average molecular weight is 1190 g/mol. The van der Waals surface area contributed by atoms with Crippen LogP contribution in [0.3, 0.4) is 0 Å². The zero-order valence-corrected chi connectivity index (χ0v) is 49.1. The van der Waals surface area contributed by atoms with Crippen LogP contribution in [0.25, 0.3) is 0 Å². The largest absolute Gasteiger partial charge is 0.358 e. The Kier molecular flexibility index (Phi) is 19.9. The summed E-state index contributed by atoms with van der Waals surface area (Å²) in [5.41, 5.74) is 11.3. The molecule has 3 heteroatoms. The molecule has 0 amide bonds. The van der Waals surface area contributed by atoms with Gasteiger partial charge < -0.3 is 0 Å². The van der Waals surface area contributed by atoms with E-state index in [9.17, 15) is 0 Å². The first kappa shape index (κ1) is 54.1. The molecule has 0 bridgehead atoms. The SMILES string of the molecule is CC(C)(C)c1cc(C(C)(C)C)c([I+]c2ccccc2)c(C(C)(C)C)c1.CC(C)(C)c1ccc([I+]c2ccccc2)cc1.CC(C)c1cc(C(C)C)c([I+]c2ccccc2)c(C(C)C)c1. The fraction of sp³-hybridized carbons (Fsp3) is 0.410. The van der Waals surface area contributed by atoms with E-state index in [-0.39, 0.29) is 85.3 Å². The lowest BCUT2D eigenvalue weighted by Gasteiger charge is -2.29. The normalized spacial score (nSPS) is 12.2. The van der Waals surface area contributed by atoms with E-state index < -0.39 is 0 Å². The van der Waals surface area contributed by atoms with Gasteiger partial charge in [-0.15, -0.1) is 0 Å². The molecule has 0 radical (unpaired) electrons. The van der Waals surface area contributed by atoms with Crippen molar-refractivity contribution in [3.63, 3.8) is 0 Å². The van der Waals surface area contributed by atoms with Crippen molar-refractivity contribution in [3.8, 4) is 0 Å². The first-order valence-electron chi connectivity index (χ1n) is 23.3. The van der Waals surface area contributed by atoms with Gasteiger partial charge in [0.25, 0.3) is 0 Å². The van der Waals surface area contributed by atoms with Crippen LogP contribution in [0.1, 0.15) is 181 Å². The zero-order chi connectivity index (χ0) is 47.6. The molecule has 342 valence electrons. The Morgan fingerprint density at radius 1 is 0.312 bits per heavy atom. The number of rotatable bonds is 9. The minimum Gasteiger partial charge on any atom is -0.0619 e. The van der Waals surface area contributed by atoms with Gasteiger partial charge in [0.05, 0.1) is 0 Å². The summed E-state index contributed by atoms with van der Waals surface area (Å²) in [5, 5.41) is 0. The van der Waals surface area contributed by atoms with Crippen LogP contribution < -0.4 is 63.6 Å². The molecule has 0 fully saturated rings. The second-order valence-corrected chi connectivity index (χ2v) is 30.8. The van der Waals surface area contributed by atoms with Crippen molar-refractivity contribution in [1.82, 2.24) is 0 Å². The Hall–Kier alpha value is -2.49. The molecule has 0 nitrogen and oxygen atoms in total. The third-order valence-electron chi connectivity index (χ3n) is 11.2. The van der Waals surface area contributed by atoms with Gasteiger partial charge in [0.15, 0.2) is 14.3 Å². The molecule has 6 aromatic rings. The second kappa shape index (κ2) is 23.5. The highest BCUT2D eigenvalue weighted by molar-refractivity contribution is 5.40. The van der Waals surface area contributed by atoms with Crippen LogP contribution in [0.5, 0.6) is 0 Å². The molecule has 0 unspecified atom stereocenters. The van der Waals surface area contributed by atoms with Crippen molar-refractivity contribution < 1.29 is 63.6 Å². The smallest absolute Gasteiger partial charge is 0.0619 e. The third kappa shape index (κ3) is 16.4. The fourth-order valence-electron chi connectivity index (χ4n) is 7.02. The van der Waals surface area contributed by atoms with Gasteiger partial charge in [-0.3, -0.25) is 0 Å². The molecule has 0 heterocycles. The first-order chi connectivity index (χ1) is 29.8. The van der Waals surface area contributed by atoms with Crippen LogP contribution in [-0.4, -0.2) is 0 Å². The Morgan fingerprint density at radius 2 is 0.641 bits per heavy atom. The van der Waals surface area contributed by atoms with E-state index in [1.807, 2.05) is 0 Å². The van der Waals surface area contributed by atoms with E-state index in [4.69, 9.17) is 0 Å². The monoisotopic (exact) mass is 1190 g/mol. The van der Waals surface area contributed by atoms with Gasteiger partial charge in [0, 0.05) is 22.3 Å². The minimum absolute atomic E-state index is 0.0208. The third-order valence-corrected chi connectivity index (χ3v) is 20.0. The first-order valence-corrected chi connectivity index (χ1v) is 29.8. The van der Waals surface area contributed by atoms with Gasteiger partial charge in [-0.1, -0.05) is 216 Å². The predicted octanol–water partition coefficient (Wildman–Crippen LogP) is 8.01. The second-order valence-electron chi connectivity index (χ2n) is 22.0. The van der Waals surface area contributed by atoms with E-state index in [1.54, 1.807) is 29.4 Å². The van der Waals surface area contributed by atoms with Gasteiger partial charge in [0.2, 0.25) is 7.14 Å². The van der Waals surface area contributed by atoms with Crippen molar-refractivity contribution in [1.29, 1.82) is 0 Å². The summed E-state index contributed by atoms with van der Waals surface area (Å²) in [5.74, 6) is 1.78. The topological polar surface area (TPSA) is 0 Å². The maximum absolute atomic E-state index is 2.49.